The molecule has 0 unspecified atom stereocenters. The highest BCUT2D eigenvalue weighted by Crippen LogP contribution is 2.46. The molecule has 1 heterocycles. The molecule has 1 aromatic heterocycles. The van der Waals surface area contributed by atoms with E-state index in [1.54, 1.807) is 42.5 Å². The smallest absolute Gasteiger partial charge is 0.296 e. The van der Waals surface area contributed by atoms with Crippen molar-refractivity contribution in [2.24, 2.45) is 20.5 Å². The number of nitrogens with one attached hydrogen (secondary N) is 1. The van der Waals surface area contributed by atoms with Gasteiger partial charge in [-0.05, 0) is 60.7 Å². The summed E-state index contributed by atoms with van der Waals surface area (Å²) in [5, 5.41) is 52.7. The van der Waals surface area contributed by atoms with Crippen LogP contribution in [-0.4, -0.2) is 38.6 Å². The van der Waals surface area contributed by atoms with Crippen LogP contribution in [-0.2, 0) is 28.9 Å². The molecule has 0 bridgehead atoms. The molecule has 5 aromatic carbocycles. The van der Waals surface area contributed by atoms with Gasteiger partial charge in [-0.15, -0.1) is 18.9 Å². The maximum atomic E-state index is 12.3. The molecule has 48 heavy (non-hydrogen) atoms. The summed E-state index contributed by atoms with van der Waals surface area (Å²) in [6, 6.07) is 24.4. The SMILES string of the molecule is O=S(=O)(O)c1cc(N=Nc2ccc(SOOO)cc2)ccc1N=Nc1c(SOOO)cc2c(ccc3nc(-c4ccccc4)[nH]c32)c1O. The first-order valence-electron chi connectivity index (χ1n) is 13.3. The molecule has 244 valence electrons. The average molecular weight is 709 g/mol. The van der Waals surface area contributed by atoms with Crippen molar-refractivity contribution in [3.63, 3.8) is 0 Å². The minimum absolute atomic E-state index is 0.0637. The van der Waals surface area contributed by atoms with Crippen LogP contribution < -0.4 is 0 Å². The first kappa shape index (κ1) is 33.1. The normalized spacial score (nSPS) is 12.2. The summed E-state index contributed by atoms with van der Waals surface area (Å²) < 4.78 is 43.6. The largest absolute Gasteiger partial charge is 0.505 e. The standard InChI is InChI=1S/C29H20N6O10S3/c36-28-20-11-13-23-26(31-29(30-23)16-4-2-1-3-5-16)21(20)15-24(47-45-43-38)27(28)35-34-22-12-8-18(14-25(22)48(39,40)41)33-32-17-6-9-19(10-7-17)46-44-42-37/h1-15,36-38H,(H,30,31)(H,39,40,41). The minimum Gasteiger partial charge on any atom is -0.505 e. The summed E-state index contributed by atoms with van der Waals surface area (Å²) in [7, 11) is -4.83. The van der Waals surface area contributed by atoms with Crippen molar-refractivity contribution in [1.29, 1.82) is 0 Å². The van der Waals surface area contributed by atoms with Gasteiger partial charge in [-0.25, -0.2) is 15.5 Å². The highest BCUT2D eigenvalue weighted by atomic mass is 32.2. The molecule has 0 saturated carbocycles. The molecule has 0 saturated heterocycles. The average Bonchev–Trinajstić information content (AvgIpc) is 3.54. The number of nitrogens with zero attached hydrogens (tertiary/aromatic N) is 5. The molecule has 6 rings (SSSR count). The van der Waals surface area contributed by atoms with Gasteiger partial charge in [0.15, 0.2) is 5.75 Å². The van der Waals surface area contributed by atoms with Gasteiger partial charge in [0.05, 0.1) is 51.4 Å². The van der Waals surface area contributed by atoms with Crippen LogP contribution in [0.2, 0.25) is 0 Å². The fourth-order valence-electron chi connectivity index (χ4n) is 4.54. The van der Waals surface area contributed by atoms with E-state index in [0.717, 1.165) is 23.7 Å². The Balaban J connectivity index is 1.36. The molecule has 16 nitrogen and oxygen atoms in total. The fourth-order valence-corrected chi connectivity index (χ4v) is 6.03. The van der Waals surface area contributed by atoms with E-state index in [0.29, 0.717) is 50.3 Å². The number of imidazole rings is 1. The van der Waals surface area contributed by atoms with E-state index < -0.39 is 15.0 Å². The minimum atomic E-state index is -4.83. The maximum Gasteiger partial charge on any atom is 0.296 e. The van der Waals surface area contributed by atoms with Crippen LogP contribution in [0.15, 0.2) is 126 Å². The Bertz CT molecular complexity index is 2270. The predicted octanol–water partition coefficient (Wildman–Crippen LogP) is 9.02. The first-order chi connectivity index (χ1) is 23.2. The molecule has 0 aliphatic heterocycles. The highest BCUT2D eigenvalue weighted by Gasteiger charge is 2.20. The van der Waals surface area contributed by atoms with Gasteiger partial charge in [0.25, 0.3) is 10.1 Å². The van der Waals surface area contributed by atoms with Crippen LogP contribution in [0.1, 0.15) is 0 Å². The van der Waals surface area contributed by atoms with Crippen molar-refractivity contribution >= 4 is 78.8 Å². The number of rotatable bonds is 12. The number of benzene rings is 5. The lowest BCUT2D eigenvalue weighted by Gasteiger charge is -2.10. The second-order valence-electron chi connectivity index (χ2n) is 9.55. The monoisotopic (exact) mass is 708 g/mol. The van der Waals surface area contributed by atoms with Crippen LogP contribution in [0.4, 0.5) is 22.7 Å². The van der Waals surface area contributed by atoms with E-state index in [1.807, 2.05) is 30.3 Å². The number of H-pyrrole nitrogens is 1. The number of azo groups is 2. The molecule has 5 N–H and O–H groups in total. The zero-order chi connectivity index (χ0) is 33.7. The maximum absolute atomic E-state index is 12.3. The van der Waals surface area contributed by atoms with Crippen molar-refractivity contribution in [3.8, 4) is 17.1 Å². The fraction of sp³-hybridized carbons (Fsp3) is 0. The van der Waals surface area contributed by atoms with Crippen LogP contribution in [0, 0.1) is 0 Å². The topological polar surface area (TPSA) is 230 Å². The van der Waals surface area contributed by atoms with Gasteiger partial charge in [0, 0.05) is 21.2 Å². The van der Waals surface area contributed by atoms with E-state index in [2.05, 4.69) is 49.2 Å². The number of phenolic OH excluding ortho intramolecular Hbond substituents is 1. The van der Waals surface area contributed by atoms with Gasteiger partial charge in [-0.1, -0.05) is 40.4 Å². The van der Waals surface area contributed by atoms with E-state index in [9.17, 15) is 18.1 Å². The van der Waals surface area contributed by atoms with E-state index in [4.69, 9.17) is 10.5 Å². The second-order valence-corrected chi connectivity index (χ2v) is 12.5. The van der Waals surface area contributed by atoms with Crippen LogP contribution in [0.3, 0.4) is 0 Å². The predicted molar refractivity (Wildman–Crippen MR) is 173 cm³/mol. The number of hydrogen-bond acceptors (Lipinski definition) is 16. The van der Waals surface area contributed by atoms with E-state index in [1.165, 1.54) is 12.1 Å². The molecular formula is C29H20N6O10S3. The lowest BCUT2D eigenvalue weighted by atomic mass is 10.1. The molecule has 0 aliphatic carbocycles. The lowest BCUT2D eigenvalue weighted by molar-refractivity contribution is -0.432. The van der Waals surface area contributed by atoms with Gasteiger partial charge in [0.1, 0.15) is 22.1 Å². The lowest BCUT2D eigenvalue weighted by Crippen LogP contribution is -1.98. The molecule has 0 fully saturated rings. The summed E-state index contributed by atoms with van der Waals surface area (Å²) in [5.41, 5.74) is 2.07. The van der Waals surface area contributed by atoms with Gasteiger partial charge >= 0.3 is 0 Å². The van der Waals surface area contributed by atoms with E-state index >= 15 is 0 Å². The summed E-state index contributed by atoms with van der Waals surface area (Å²) in [5.74, 6) is 0.250. The zero-order valence-corrected chi connectivity index (χ0v) is 26.3. The van der Waals surface area contributed by atoms with Crippen LogP contribution >= 0.6 is 24.1 Å². The number of aromatic hydroxyl groups is 1. The summed E-state index contributed by atoms with van der Waals surface area (Å²) in [6.07, 6.45) is 0. The Morgan fingerprint density at radius 1 is 0.750 bits per heavy atom. The summed E-state index contributed by atoms with van der Waals surface area (Å²) >= 11 is 1.26. The van der Waals surface area contributed by atoms with Crippen molar-refractivity contribution in [3.05, 3.63) is 91.0 Å². The third-order valence-corrected chi connectivity index (χ3v) is 8.74. The molecule has 0 radical (unpaired) electrons. The molecule has 0 spiro atoms. The van der Waals surface area contributed by atoms with Crippen molar-refractivity contribution in [2.75, 3.05) is 0 Å². The van der Waals surface area contributed by atoms with Crippen LogP contribution in [0.25, 0.3) is 33.2 Å². The van der Waals surface area contributed by atoms with Gasteiger partial charge in [-0.3, -0.25) is 4.55 Å². The number of aromatic nitrogens is 2. The Labute approximate surface area is 278 Å². The van der Waals surface area contributed by atoms with Crippen molar-refractivity contribution < 1.29 is 47.3 Å². The van der Waals surface area contributed by atoms with Gasteiger partial charge in [0.2, 0.25) is 0 Å². The second kappa shape index (κ2) is 14.5. The molecular weight excluding hydrogens is 689 g/mol. The number of phenols is 1. The molecule has 0 amide bonds. The first-order valence-corrected chi connectivity index (χ1v) is 16.3. The third-order valence-electron chi connectivity index (χ3n) is 6.65. The quantitative estimate of drug-likeness (QED) is 0.0263. The summed E-state index contributed by atoms with van der Waals surface area (Å²) in [6.45, 7) is 0. The molecule has 0 atom stereocenters. The number of hydrogen-bond donors (Lipinski definition) is 5. The van der Waals surface area contributed by atoms with Gasteiger partial charge < -0.3 is 10.1 Å². The Morgan fingerprint density at radius 2 is 1.46 bits per heavy atom. The Kier molecular flexibility index (Phi) is 10.0. The summed E-state index contributed by atoms with van der Waals surface area (Å²) in [4.78, 5) is 7.99. The molecule has 6 aromatic rings. The van der Waals surface area contributed by atoms with E-state index in [-0.39, 0.29) is 27.7 Å². The van der Waals surface area contributed by atoms with Crippen molar-refractivity contribution in [1.82, 2.24) is 9.97 Å². The Morgan fingerprint density at radius 3 is 2.19 bits per heavy atom. The number of aromatic amines is 1. The van der Waals surface area contributed by atoms with Crippen molar-refractivity contribution in [2.45, 2.75) is 14.7 Å². The third kappa shape index (κ3) is 7.35. The molecule has 19 heteroatoms. The highest BCUT2D eigenvalue weighted by molar-refractivity contribution is 7.94. The Hall–Kier alpha value is -4.80. The molecule has 0 aliphatic rings. The number of fused-ring (bicyclic) bond motifs is 3. The zero-order valence-electron chi connectivity index (χ0n) is 23.9. The van der Waals surface area contributed by atoms with Crippen LogP contribution in [0.5, 0.6) is 5.75 Å². The van der Waals surface area contributed by atoms with Gasteiger partial charge in [-0.2, -0.15) is 18.6 Å².